The molecule has 0 radical (unpaired) electrons. The van der Waals surface area contributed by atoms with Gasteiger partial charge in [-0.25, -0.2) is 0 Å². The second kappa shape index (κ2) is 4.72. The Balaban J connectivity index is 2.38. The third-order valence-electron chi connectivity index (χ3n) is 3.42. The number of hydrogen-bond acceptors (Lipinski definition) is 4. The highest BCUT2D eigenvalue weighted by Crippen LogP contribution is 2.33. The van der Waals surface area contributed by atoms with E-state index in [0.29, 0.717) is 19.0 Å². The summed E-state index contributed by atoms with van der Waals surface area (Å²) in [6, 6.07) is 8.03. The van der Waals surface area contributed by atoms with Crippen LogP contribution in [-0.2, 0) is 5.54 Å². The smallest absolute Gasteiger partial charge is 0.192 e. The lowest BCUT2D eigenvalue weighted by molar-refractivity contribution is 0.244. The van der Waals surface area contributed by atoms with Crippen LogP contribution in [0.1, 0.15) is 12.5 Å². The van der Waals surface area contributed by atoms with Gasteiger partial charge in [-0.3, -0.25) is 4.99 Å². The van der Waals surface area contributed by atoms with Crippen molar-refractivity contribution in [3.63, 3.8) is 0 Å². The largest absolute Gasteiger partial charge is 0.497 e. The maximum Gasteiger partial charge on any atom is 0.192 e. The molecule has 0 spiro atoms. The van der Waals surface area contributed by atoms with Gasteiger partial charge in [0, 0.05) is 6.54 Å². The SMILES string of the molecule is C=CCN1C(N)=NCC1(C)c1cccc(OC)c1. The van der Waals surface area contributed by atoms with Crippen LogP contribution in [0, 0.1) is 0 Å². The molecule has 0 saturated carbocycles. The number of nitrogens with zero attached hydrogens (tertiary/aromatic N) is 2. The minimum atomic E-state index is -0.229. The van der Waals surface area contributed by atoms with E-state index in [1.165, 1.54) is 0 Å². The average molecular weight is 245 g/mol. The summed E-state index contributed by atoms with van der Waals surface area (Å²) in [4.78, 5) is 6.42. The minimum Gasteiger partial charge on any atom is -0.497 e. The van der Waals surface area contributed by atoms with Crippen molar-refractivity contribution in [2.45, 2.75) is 12.5 Å². The van der Waals surface area contributed by atoms with Gasteiger partial charge in [-0.15, -0.1) is 6.58 Å². The molecule has 1 unspecified atom stereocenters. The number of aliphatic imine (C=N–C) groups is 1. The fraction of sp³-hybridized carbons (Fsp3) is 0.357. The number of nitrogens with two attached hydrogens (primary N) is 1. The molecule has 0 aliphatic carbocycles. The van der Waals surface area contributed by atoms with E-state index >= 15 is 0 Å². The lowest BCUT2D eigenvalue weighted by Gasteiger charge is -2.36. The van der Waals surface area contributed by atoms with Gasteiger partial charge in [0.05, 0.1) is 19.2 Å². The molecule has 0 aromatic heterocycles. The van der Waals surface area contributed by atoms with Crippen molar-refractivity contribution >= 4 is 5.96 Å². The van der Waals surface area contributed by atoms with Crippen molar-refractivity contribution < 1.29 is 4.74 Å². The lowest BCUT2D eigenvalue weighted by Crippen LogP contribution is -2.47. The van der Waals surface area contributed by atoms with Crippen molar-refractivity contribution in [3.8, 4) is 5.75 Å². The molecule has 0 fully saturated rings. The van der Waals surface area contributed by atoms with Gasteiger partial charge in [0.1, 0.15) is 5.75 Å². The van der Waals surface area contributed by atoms with E-state index in [-0.39, 0.29) is 5.54 Å². The molecule has 1 aliphatic rings. The van der Waals surface area contributed by atoms with Crippen LogP contribution in [-0.4, -0.2) is 31.1 Å². The maximum atomic E-state index is 5.95. The molecule has 1 aromatic rings. The zero-order chi connectivity index (χ0) is 13.2. The Bertz CT molecular complexity index is 484. The van der Waals surface area contributed by atoms with E-state index in [0.717, 1.165) is 11.3 Å². The molecule has 1 aliphatic heterocycles. The normalized spacial score (nSPS) is 22.8. The molecule has 1 aromatic carbocycles. The predicted octanol–water partition coefficient (Wildman–Crippen LogP) is 1.73. The Labute approximate surface area is 108 Å². The lowest BCUT2D eigenvalue weighted by atomic mass is 9.91. The first-order chi connectivity index (χ1) is 8.61. The van der Waals surface area contributed by atoms with Crippen LogP contribution in [0.4, 0.5) is 0 Å². The second-order valence-corrected chi connectivity index (χ2v) is 4.58. The molecule has 96 valence electrons. The molecule has 2 rings (SSSR count). The Morgan fingerprint density at radius 2 is 2.39 bits per heavy atom. The van der Waals surface area contributed by atoms with E-state index in [1.807, 2.05) is 24.3 Å². The zero-order valence-electron chi connectivity index (χ0n) is 10.9. The summed E-state index contributed by atoms with van der Waals surface area (Å²) in [5, 5.41) is 0. The highest BCUT2D eigenvalue weighted by atomic mass is 16.5. The summed E-state index contributed by atoms with van der Waals surface area (Å²) >= 11 is 0. The number of benzene rings is 1. The van der Waals surface area contributed by atoms with Crippen LogP contribution in [0.5, 0.6) is 5.75 Å². The van der Waals surface area contributed by atoms with Gasteiger partial charge in [-0.1, -0.05) is 18.2 Å². The molecule has 0 amide bonds. The molecular formula is C14H19N3O. The molecule has 2 N–H and O–H groups in total. The number of ether oxygens (including phenoxy) is 1. The Morgan fingerprint density at radius 3 is 3.06 bits per heavy atom. The van der Waals surface area contributed by atoms with Crippen molar-refractivity contribution in [3.05, 3.63) is 42.5 Å². The first kappa shape index (κ1) is 12.5. The molecule has 18 heavy (non-hydrogen) atoms. The molecule has 0 saturated heterocycles. The summed E-state index contributed by atoms with van der Waals surface area (Å²) in [5.74, 6) is 1.41. The van der Waals surface area contributed by atoms with Crippen molar-refractivity contribution in [2.24, 2.45) is 10.7 Å². The zero-order valence-corrected chi connectivity index (χ0v) is 10.9. The highest BCUT2D eigenvalue weighted by Gasteiger charge is 2.38. The fourth-order valence-electron chi connectivity index (χ4n) is 2.29. The van der Waals surface area contributed by atoms with Crippen LogP contribution in [0.3, 0.4) is 0 Å². The third kappa shape index (κ3) is 1.94. The fourth-order valence-corrected chi connectivity index (χ4v) is 2.29. The molecular weight excluding hydrogens is 226 g/mol. The summed E-state index contributed by atoms with van der Waals surface area (Å²) in [7, 11) is 1.67. The maximum absolute atomic E-state index is 5.95. The monoisotopic (exact) mass is 245 g/mol. The second-order valence-electron chi connectivity index (χ2n) is 4.58. The third-order valence-corrected chi connectivity index (χ3v) is 3.42. The first-order valence-electron chi connectivity index (χ1n) is 5.95. The molecule has 4 nitrogen and oxygen atoms in total. The predicted molar refractivity (Wildman–Crippen MR) is 73.7 cm³/mol. The van der Waals surface area contributed by atoms with Crippen molar-refractivity contribution in [2.75, 3.05) is 20.2 Å². The Kier molecular flexibility index (Phi) is 3.28. The van der Waals surface area contributed by atoms with Gasteiger partial charge in [0.25, 0.3) is 0 Å². The summed E-state index contributed by atoms with van der Waals surface area (Å²) in [6.45, 7) is 7.24. The van der Waals surface area contributed by atoms with E-state index in [4.69, 9.17) is 10.5 Å². The number of guanidine groups is 1. The van der Waals surface area contributed by atoms with Gasteiger partial charge in [-0.05, 0) is 24.6 Å². The summed E-state index contributed by atoms with van der Waals surface area (Å²) < 4.78 is 5.27. The van der Waals surface area contributed by atoms with Crippen LogP contribution >= 0.6 is 0 Å². The minimum absolute atomic E-state index is 0.229. The van der Waals surface area contributed by atoms with Gasteiger partial charge in [0.15, 0.2) is 5.96 Å². The number of hydrogen-bond donors (Lipinski definition) is 1. The first-order valence-corrected chi connectivity index (χ1v) is 5.95. The quantitative estimate of drug-likeness (QED) is 0.822. The van der Waals surface area contributed by atoms with Gasteiger partial charge in [0.2, 0.25) is 0 Å². The number of rotatable bonds is 4. The van der Waals surface area contributed by atoms with Gasteiger partial charge < -0.3 is 15.4 Å². The van der Waals surface area contributed by atoms with E-state index < -0.39 is 0 Å². The van der Waals surface area contributed by atoms with Crippen LogP contribution in [0.2, 0.25) is 0 Å². The Hall–Kier alpha value is -1.97. The van der Waals surface area contributed by atoms with Crippen molar-refractivity contribution in [1.82, 2.24) is 4.90 Å². The van der Waals surface area contributed by atoms with Crippen LogP contribution in [0.25, 0.3) is 0 Å². The van der Waals surface area contributed by atoms with Gasteiger partial charge >= 0.3 is 0 Å². The van der Waals surface area contributed by atoms with E-state index in [9.17, 15) is 0 Å². The average Bonchev–Trinajstić information content (AvgIpc) is 2.69. The number of methoxy groups -OCH3 is 1. The van der Waals surface area contributed by atoms with Gasteiger partial charge in [-0.2, -0.15) is 0 Å². The standard InChI is InChI=1S/C14H19N3O/c1-4-8-17-13(15)16-10-14(17,2)11-6-5-7-12(9-11)18-3/h4-7,9H,1,8,10H2,2-3H3,(H2,15,16). The van der Waals surface area contributed by atoms with Crippen LogP contribution in [0.15, 0.2) is 41.9 Å². The van der Waals surface area contributed by atoms with Crippen molar-refractivity contribution in [1.29, 1.82) is 0 Å². The van der Waals surface area contributed by atoms with Crippen LogP contribution < -0.4 is 10.5 Å². The highest BCUT2D eigenvalue weighted by molar-refractivity contribution is 5.81. The van der Waals surface area contributed by atoms with E-state index in [2.05, 4.69) is 29.5 Å². The summed E-state index contributed by atoms with van der Waals surface area (Å²) in [5.41, 5.74) is 6.86. The Morgan fingerprint density at radius 1 is 1.61 bits per heavy atom. The molecule has 0 bridgehead atoms. The topological polar surface area (TPSA) is 50.8 Å². The molecule has 1 heterocycles. The molecule has 1 atom stereocenters. The summed E-state index contributed by atoms with van der Waals surface area (Å²) in [6.07, 6.45) is 1.84. The molecule has 4 heteroatoms. The van der Waals surface area contributed by atoms with E-state index in [1.54, 1.807) is 7.11 Å².